The van der Waals surface area contributed by atoms with Crippen molar-refractivity contribution in [3.05, 3.63) is 0 Å². The first-order valence-corrected chi connectivity index (χ1v) is 9.00. The maximum absolute atomic E-state index is 12.2. The van der Waals surface area contributed by atoms with Gasteiger partial charge in [0, 0.05) is 18.4 Å². The fourth-order valence-corrected chi connectivity index (χ4v) is 2.47. The van der Waals surface area contributed by atoms with Crippen molar-refractivity contribution in [3.8, 4) is 0 Å². The summed E-state index contributed by atoms with van der Waals surface area (Å²) < 4.78 is 10.3. The molecule has 0 saturated heterocycles. The summed E-state index contributed by atoms with van der Waals surface area (Å²) in [4.78, 5) is 34.8. The van der Waals surface area contributed by atoms with Crippen LogP contribution in [0, 0.1) is 17.8 Å². The average Bonchev–Trinajstić information content (AvgIpc) is 2.52. The second-order valence-corrected chi connectivity index (χ2v) is 6.83. The molecule has 0 heterocycles. The number of amides is 1. The number of carbonyl (C=O) groups is 3. The van der Waals surface area contributed by atoms with E-state index in [9.17, 15) is 14.4 Å². The summed E-state index contributed by atoms with van der Waals surface area (Å²) in [6.45, 7) is 11.2. The lowest BCUT2D eigenvalue weighted by Crippen LogP contribution is -2.45. The minimum atomic E-state index is -0.999. The lowest BCUT2D eigenvalue weighted by molar-refractivity contribution is -0.174. The third kappa shape index (κ3) is 9.31. The van der Waals surface area contributed by atoms with Crippen LogP contribution in [0.5, 0.6) is 0 Å². The first kappa shape index (κ1) is 23.2. The van der Waals surface area contributed by atoms with Gasteiger partial charge in [0.1, 0.15) is 0 Å². The van der Waals surface area contributed by atoms with E-state index < -0.39 is 30.4 Å². The van der Waals surface area contributed by atoms with E-state index in [1.807, 2.05) is 13.8 Å². The fraction of sp³-hybridized carbons (Fsp3) is 0.833. The van der Waals surface area contributed by atoms with Gasteiger partial charge in [-0.05, 0) is 11.8 Å². The number of rotatable bonds is 11. The Labute approximate surface area is 150 Å². The van der Waals surface area contributed by atoms with Crippen molar-refractivity contribution < 1.29 is 29.0 Å². The summed E-state index contributed by atoms with van der Waals surface area (Å²) in [5, 5.41) is 11.7. The third-order valence-electron chi connectivity index (χ3n) is 4.28. The fourth-order valence-electron chi connectivity index (χ4n) is 2.47. The summed E-state index contributed by atoms with van der Waals surface area (Å²) >= 11 is 0. The number of alkyl carbamates (subject to hydrolysis) is 1. The number of hydrogen-bond acceptors (Lipinski definition) is 5. The van der Waals surface area contributed by atoms with Gasteiger partial charge in [0.25, 0.3) is 6.29 Å². The Morgan fingerprint density at radius 2 is 1.64 bits per heavy atom. The maximum Gasteiger partial charge on any atom is 0.410 e. The molecule has 0 rings (SSSR count). The molecule has 7 nitrogen and oxygen atoms in total. The van der Waals surface area contributed by atoms with Crippen LogP contribution in [0.4, 0.5) is 4.79 Å². The number of carbonyl (C=O) groups excluding carboxylic acids is 2. The standard InChI is InChI=1S/C18H33NO6/c1-7-9-12(5)13(6)14(10-15(20)21)19-18(23)25-17(11(3)4)24-16(22)8-2/h11-14,17H,7-10H2,1-6H3,(H,19,23)(H,20,21)/t12-,13-,14+,17-/m1/s1. The number of hydrogen-bond donors (Lipinski definition) is 2. The van der Waals surface area contributed by atoms with Crippen LogP contribution in [-0.4, -0.2) is 35.5 Å². The highest BCUT2D eigenvalue weighted by Crippen LogP contribution is 2.22. The van der Waals surface area contributed by atoms with E-state index in [4.69, 9.17) is 14.6 Å². The molecule has 0 aliphatic heterocycles. The zero-order valence-electron chi connectivity index (χ0n) is 16.2. The molecule has 7 heteroatoms. The second kappa shape index (κ2) is 11.7. The number of nitrogens with one attached hydrogen (secondary N) is 1. The molecule has 2 N–H and O–H groups in total. The molecule has 4 atom stereocenters. The van der Waals surface area contributed by atoms with Crippen molar-refractivity contribution in [2.75, 3.05) is 0 Å². The Kier molecular flexibility index (Phi) is 10.9. The highest BCUT2D eigenvalue weighted by Gasteiger charge is 2.29. The van der Waals surface area contributed by atoms with Gasteiger partial charge in [-0.3, -0.25) is 9.59 Å². The molecule has 0 aromatic carbocycles. The van der Waals surface area contributed by atoms with E-state index in [1.54, 1.807) is 20.8 Å². The second-order valence-electron chi connectivity index (χ2n) is 6.83. The van der Waals surface area contributed by atoms with Crippen LogP contribution >= 0.6 is 0 Å². The predicted molar refractivity (Wildman–Crippen MR) is 93.9 cm³/mol. The minimum absolute atomic E-state index is 0.0284. The Hall–Kier alpha value is -1.79. The topological polar surface area (TPSA) is 102 Å². The molecular weight excluding hydrogens is 326 g/mol. The van der Waals surface area contributed by atoms with Crippen molar-refractivity contribution in [1.82, 2.24) is 5.32 Å². The molecule has 0 aliphatic carbocycles. The van der Waals surface area contributed by atoms with E-state index in [2.05, 4.69) is 12.2 Å². The number of ether oxygens (including phenoxy) is 2. The van der Waals surface area contributed by atoms with Crippen molar-refractivity contribution in [2.24, 2.45) is 17.8 Å². The predicted octanol–water partition coefficient (Wildman–Crippen LogP) is 3.56. The van der Waals surface area contributed by atoms with E-state index in [-0.39, 0.29) is 30.6 Å². The molecule has 1 amide bonds. The Morgan fingerprint density at radius 3 is 2.08 bits per heavy atom. The first-order valence-electron chi connectivity index (χ1n) is 9.00. The Morgan fingerprint density at radius 1 is 1.04 bits per heavy atom. The van der Waals surface area contributed by atoms with Crippen molar-refractivity contribution in [3.63, 3.8) is 0 Å². The zero-order chi connectivity index (χ0) is 19.6. The molecule has 0 radical (unpaired) electrons. The van der Waals surface area contributed by atoms with Crippen LogP contribution in [0.1, 0.15) is 67.2 Å². The van der Waals surface area contributed by atoms with Crippen LogP contribution in [0.15, 0.2) is 0 Å². The summed E-state index contributed by atoms with van der Waals surface area (Å²) in [5.74, 6) is -1.43. The van der Waals surface area contributed by atoms with Crippen LogP contribution in [-0.2, 0) is 19.1 Å². The average molecular weight is 359 g/mol. The molecule has 0 saturated carbocycles. The van der Waals surface area contributed by atoms with Crippen LogP contribution < -0.4 is 5.32 Å². The van der Waals surface area contributed by atoms with Gasteiger partial charge in [0.05, 0.1) is 6.42 Å². The maximum atomic E-state index is 12.2. The zero-order valence-corrected chi connectivity index (χ0v) is 16.2. The van der Waals surface area contributed by atoms with Gasteiger partial charge in [-0.1, -0.05) is 54.4 Å². The number of esters is 1. The Bertz CT molecular complexity index is 437. The van der Waals surface area contributed by atoms with Gasteiger partial charge in [-0.25, -0.2) is 4.79 Å². The summed E-state index contributed by atoms with van der Waals surface area (Å²) in [6, 6.07) is -0.554. The van der Waals surface area contributed by atoms with Gasteiger partial charge >= 0.3 is 18.0 Å². The number of carboxylic acid groups (broad SMARTS) is 1. The quantitative estimate of drug-likeness (QED) is 0.432. The normalized spacial score (nSPS) is 15.8. The van der Waals surface area contributed by atoms with Gasteiger partial charge in [-0.15, -0.1) is 0 Å². The van der Waals surface area contributed by atoms with Crippen LogP contribution in [0.3, 0.4) is 0 Å². The lowest BCUT2D eigenvalue weighted by atomic mass is 9.84. The minimum Gasteiger partial charge on any atom is -0.481 e. The summed E-state index contributed by atoms with van der Waals surface area (Å²) in [5.41, 5.74) is 0. The molecule has 0 aromatic rings. The van der Waals surface area contributed by atoms with Crippen molar-refractivity contribution in [2.45, 2.75) is 79.6 Å². The first-order chi connectivity index (χ1) is 11.6. The van der Waals surface area contributed by atoms with E-state index in [0.717, 1.165) is 12.8 Å². The van der Waals surface area contributed by atoms with Crippen LogP contribution in [0.2, 0.25) is 0 Å². The number of aliphatic carboxylic acids is 1. The lowest BCUT2D eigenvalue weighted by Gasteiger charge is -2.29. The van der Waals surface area contributed by atoms with Gasteiger partial charge in [0.15, 0.2) is 0 Å². The van der Waals surface area contributed by atoms with E-state index in [1.165, 1.54) is 0 Å². The SMILES string of the molecule is CCC[C@@H](C)[C@@H](C)[C@H](CC(=O)O)NC(=O)O[C@@H](OC(=O)CC)C(C)C. The van der Waals surface area contributed by atoms with Crippen LogP contribution in [0.25, 0.3) is 0 Å². The smallest absolute Gasteiger partial charge is 0.410 e. The van der Waals surface area contributed by atoms with E-state index in [0.29, 0.717) is 0 Å². The van der Waals surface area contributed by atoms with E-state index >= 15 is 0 Å². The largest absolute Gasteiger partial charge is 0.481 e. The molecule has 0 spiro atoms. The van der Waals surface area contributed by atoms with Crippen molar-refractivity contribution >= 4 is 18.0 Å². The van der Waals surface area contributed by atoms with Gasteiger partial charge in [0.2, 0.25) is 0 Å². The Balaban J connectivity index is 4.93. The van der Waals surface area contributed by atoms with Crippen molar-refractivity contribution in [1.29, 1.82) is 0 Å². The number of carboxylic acids is 1. The molecule has 0 aromatic heterocycles. The summed E-state index contributed by atoms with van der Waals surface area (Å²) in [7, 11) is 0. The molecule has 0 bridgehead atoms. The summed E-state index contributed by atoms with van der Waals surface area (Å²) in [6.07, 6.45) is 0.146. The molecule has 0 aliphatic rings. The van der Waals surface area contributed by atoms with Gasteiger partial charge in [-0.2, -0.15) is 0 Å². The highest BCUT2D eigenvalue weighted by atomic mass is 16.7. The molecular formula is C18H33NO6. The van der Waals surface area contributed by atoms with Gasteiger partial charge < -0.3 is 19.9 Å². The molecule has 0 fully saturated rings. The molecule has 25 heavy (non-hydrogen) atoms. The third-order valence-corrected chi connectivity index (χ3v) is 4.28. The highest BCUT2D eigenvalue weighted by molar-refractivity contribution is 5.72. The molecule has 0 unspecified atom stereocenters. The molecule has 146 valence electrons. The monoisotopic (exact) mass is 359 g/mol.